The topological polar surface area (TPSA) is 84.0 Å². The molecule has 0 fully saturated rings. The number of nitrogens with zero attached hydrogens (tertiary/aromatic N) is 2. The Balaban J connectivity index is 1.67. The monoisotopic (exact) mass is 486 g/mol. The Morgan fingerprint density at radius 1 is 0.909 bits per heavy atom. The lowest BCUT2D eigenvalue weighted by Crippen LogP contribution is -2.31. The highest BCUT2D eigenvalue weighted by atomic mass is 35.5. The molecule has 9 heteroatoms. The van der Waals surface area contributed by atoms with Crippen molar-refractivity contribution in [2.24, 2.45) is 0 Å². The van der Waals surface area contributed by atoms with Crippen molar-refractivity contribution in [1.82, 2.24) is 4.90 Å². The summed E-state index contributed by atoms with van der Waals surface area (Å²) in [6, 6.07) is 21.3. The van der Waals surface area contributed by atoms with Gasteiger partial charge in [-0.05, 0) is 42.0 Å². The molecule has 0 spiro atoms. The fourth-order valence-corrected chi connectivity index (χ4v) is 4.44. The zero-order valence-corrected chi connectivity index (χ0v) is 19.7. The van der Waals surface area contributed by atoms with Gasteiger partial charge in [0, 0.05) is 25.7 Å². The highest BCUT2D eigenvalue weighted by Gasteiger charge is 2.23. The van der Waals surface area contributed by atoms with E-state index in [1.54, 1.807) is 25.2 Å². The van der Waals surface area contributed by atoms with E-state index in [0.717, 1.165) is 9.87 Å². The van der Waals surface area contributed by atoms with Crippen molar-refractivity contribution in [3.8, 4) is 0 Å². The molecular weight excluding hydrogens is 464 g/mol. The number of carbonyl (C=O) groups excluding carboxylic acids is 2. The maximum absolute atomic E-state index is 13.0. The summed E-state index contributed by atoms with van der Waals surface area (Å²) in [5.41, 5.74) is 1.35. The SMILES string of the molecule is CN(Cc1ccccc1)C(=O)COC(=O)c1cccc(S(=O)(=O)N(C)c2cccc(Cl)c2)c1. The Bertz CT molecular complexity index is 1250. The fourth-order valence-electron chi connectivity index (χ4n) is 3.02. The third kappa shape index (κ3) is 6.12. The second-order valence-corrected chi connectivity index (χ2v) is 9.70. The van der Waals surface area contributed by atoms with Crippen LogP contribution in [0.5, 0.6) is 0 Å². The lowest BCUT2D eigenvalue weighted by Gasteiger charge is -2.20. The zero-order valence-electron chi connectivity index (χ0n) is 18.1. The highest BCUT2D eigenvalue weighted by Crippen LogP contribution is 2.25. The predicted molar refractivity (Wildman–Crippen MR) is 127 cm³/mol. The maximum Gasteiger partial charge on any atom is 0.338 e. The van der Waals surface area contributed by atoms with E-state index in [1.807, 2.05) is 30.3 Å². The van der Waals surface area contributed by atoms with Crippen LogP contribution in [0.25, 0.3) is 0 Å². The molecule has 0 saturated carbocycles. The molecule has 3 aromatic rings. The lowest BCUT2D eigenvalue weighted by atomic mass is 10.2. The summed E-state index contributed by atoms with van der Waals surface area (Å²) in [6.07, 6.45) is 0. The molecule has 172 valence electrons. The second-order valence-electron chi connectivity index (χ2n) is 7.29. The minimum Gasteiger partial charge on any atom is -0.452 e. The van der Waals surface area contributed by atoms with E-state index < -0.39 is 22.6 Å². The van der Waals surface area contributed by atoms with E-state index in [0.29, 0.717) is 17.3 Å². The van der Waals surface area contributed by atoms with Crippen LogP contribution in [-0.4, -0.2) is 45.9 Å². The van der Waals surface area contributed by atoms with Gasteiger partial charge in [0.05, 0.1) is 16.1 Å². The molecule has 0 atom stereocenters. The molecule has 33 heavy (non-hydrogen) atoms. The van der Waals surface area contributed by atoms with E-state index in [9.17, 15) is 18.0 Å². The first-order valence-electron chi connectivity index (χ1n) is 9.98. The van der Waals surface area contributed by atoms with Crippen LogP contribution in [0.1, 0.15) is 15.9 Å². The number of hydrogen-bond acceptors (Lipinski definition) is 5. The van der Waals surface area contributed by atoms with E-state index in [1.165, 1.54) is 42.3 Å². The van der Waals surface area contributed by atoms with E-state index in [4.69, 9.17) is 16.3 Å². The van der Waals surface area contributed by atoms with Crippen LogP contribution in [0.2, 0.25) is 5.02 Å². The van der Waals surface area contributed by atoms with Crippen molar-refractivity contribution in [1.29, 1.82) is 0 Å². The number of hydrogen-bond donors (Lipinski definition) is 0. The van der Waals surface area contributed by atoms with Gasteiger partial charge in [0.15, 0.2) is 6.61 Å². The summed E-state index contributed by atoms with van der Waals surface area (Å²) in [7, 11) is -0.943. The number of rotatable bonds is 8. The van der Waals surface area contributed by atoms with Crippen molar-refractivity contribution in [2.45, 2.75) is 11.4 Å². The van der Waals surface area contributed by atoms with Crippen LogP contribution in [0, 0.1) is 0 Å². The van der Waals surface area contributed by atoms with E-state index >= 15 is 0 Å². The molecule has 0 aliphatic heterocycles. The average molecular weight is 487 g/mol. The Labute approximate surface area is 198 Å². The summed E-state index contributed by atoms with van der Waals surface area (Å²) in [5.74, 6) is -1.17. The molecule has 3 aromatic carbocycles. The standard InChI is InChI=1S/C24H23ClN2O5S/c1-26(16-18-8-4-3-5-9-18)23(28)17-32-24(29)19-10-6-13-22(14-19)33(30,31)27(2)21-12-7-11-20(25)15-21/h3-15H,16-17H2,1-2H3. The van der Waals surface area contributed by atoms with Crippen LogP contribution in [0.3, 0.4) is 0 Å². The van der Waals surface area contributed by atoms with Gasteiger partial charge in [-0.1, -0.05) is 54.1 Å². The number of benzene rings is 3. The van der Waals surface area contributed by atoms with Gasteiger partial charge in [-0.2, -0.15) is 0 Å². The normalized spacial score (nSPS) is 11.0. The minimum absolute atomic E-state index is 0.0223. The van der Waals surface area contributed by atoms with Crippen molar-refractivity contribution in [2.75, 3.05) is 25.0 Å². The molecule has 1 amide bonds. The molecule has 0 aromatic heterocycles. The Morgan fingerprint density at radius 2 is 1.61 bits per heavy atom. The second kappa shape index (κ2) is 10.5. The van der Waals surface area contributed by atoms with Crippen LogP contribution in [0.15, 0.2) is 83.8 Å². The van der Waals surface area contributed by atoms with Gasteiger partial charge >= 0.3 is 5.97 Å². The number of amides is 1. The van der Waals surface area contributed by atoms with Crippen molar-refractivity contribution >= 4 is 39.2 Å². The summed E-state index contributed by atoms with van der Waals surface area (Å²) in [4.78, 5) is 26.2. The third-order valence-electron chi connectivity index (χ3n) is 4.92. The van der Waals surface area contributed by atoms with Gasteiger partial charge in [0.2, 0.25) is 0 Å². The predicted octanol–water partition coefficient (Wildman–Crippen LogP) is 3.98. The largest absolute Gasteiger partial charge is 0.452 e. The van der Waals surface area contributed by atoms with E-state index in [-0.39, 0.29) is 16.4 Å². The summed E-state index contributed by atoms with van der Waals surface area (Å²) in [5, 5.41) is 0.397. The fraction of sp³-hybridized carbons (Fsp3) is 0.167. The number of esters is 1. The summed E-state index contributed by atoms with van der Waals surface area (Å²) < 4.78 is 32.2. The number of halogens is 1. The molecule has 0 heterocycles. The first-order chi connectivity index (χ1) is 15.7. The lowest BCUT2D eigenvalue weighted by molar-refractivity contribution is -0.133. The molecule has 0 aliphatic carbocycles. The number of ether oxygens (including phenoxy) is 1. The molecule has 3 rings (SSSR count). The van der Waals surface area contributed by atoms with Crippen LogP contribution < -0.4 is 4.31 Å². The van der Waals surface area contributed by atoms with Gasteiger partial charge in [-0.3, -0.25) is 9.10 Å². The van der Waals surface area contributed by atoms with Gasteiger partial charge in [-0.25, -0.2) is 13.2 Å². The maximum atomic E-state index is 13.0. The summed E-state index contributed by atoms with van der Waals surface area (Å²) >= 11 is 5.97. The minimum atomic E-state index is -3.95. The van der Waals surface area contributed by atoms with Gasteiger partial charge in [0.25, 0.3) is 15.9 Å². The molecule has 0 N–H and O–H groups in total. The number of sulfonamides is 1. The number of carbonyl (C=O) groups is 2. The Hall–Kier alpha value is -3.36. The van der Waals surface area contributed by atoms with Crippen LogP contribution >= 0.6 is 11.6 Å². The molecular formula is C24H23ClN2O5S. The van der Waals surface area contributed by atoms with Gasteiger partial charge in [-0.15, -0.1) is 0 Å². The van der Waals surface area contributed by atoms with Gasteiger partial charge in [0.1, 0.15) is 0 Å². The molecule has 0 unspecified atom stereocenters. The number of likely N-dealkylation sites (N-methyl/N-ethyl adjacent to an activating group) is 1. The molecule has 0 saturated heterocycles. The van der Waals surface area contributed by atoms with Crippen molar-refractivity contribution in [3.63, 3.8) is 0 Å². The van der Waals surface area contributed by atoms with Crippen LogP contribution in [-0.2, 0) is 26.1 Å². The zero-order chi connectivity index (χ0) is 24.0. The first kappa shape index (κ1) is 24.3. The highest BCUT2D eigenvalue weighted by molar-refractivity contribution is 7.92. The molecule has 0 radical (unpaired) electrons. The Kier molecular flexibility index (Phi) is 7.73. The third-order valence-corrected chi connectivity index (χ3v) is 6.93. The quantitative estimate of drug-likeness (QED) is 0.450. The van der Waals surface area contributed by atoms with E-state index in [2.05, 4.69) is 0 Å². The van der Waals surface area contributed by atoms with Crippen molar-refractivity contribution < 1.29 is 22.7 Å². The Morgan fingerprint density at radius 3 is 2.30 bits per heavy atom. The van der Waals surface area contributed by atoms with Crippen LogP contribution in [0.4, 0.5) is 5.69 Å². The first-order valence-corrected chi connectivity index (χ1v) is 11.8. The molecule has 0 aliphatic rings. The van der Waals surface area contributed by atoms with Gasteiger partial charge < -0.3 is 9.64 Å². The smallest absolute Gasteiger partial charge is 0.338 e. The molecule has 0 bridgehead atoms. The number of anilines is 1. The van der Waals surface area contributed by atoms with Crippen molar-refractivity contribution in [3.05, 3.63) is 95.0 Å². The molecule has 7 nitrogen and oxygen atoms in total. The summed E-state index contributed by atoms with van der Waals surface area (Å²) in [6.45, 7) is -0.0810. The average Bonchev–Trinajstić information content (AvgIpc) is 2.82.